The Morgan fingerprint density at radius 1 is 1.08 bits per heavy atom. The van der Waals surface area contributed by atoms with Crippen LogP contribution in [0.2, 0.25) is 0 Å². The van der Waals surface area contributed by atoms with Crippen molar-refractivity contribution >= 4 is 15.7 Å². The molecule has 3 rings (SSSR count). The third-order valence-electron chi connectivity index (χ3n) is 5.49. The molecule has 3 atom stereocenters. The SMILES string of the molecule is CC1CCC(C)N1C1CCCN(S(=O)(=O)c2ccc([N+](=O)[O-])cc2)C1. The zero-order valence-electron chi connectivity index (χ0n) is 14.7. The highest BCUT2D eigenvalue weighted by Gasteiger charge is 2.38. The number of hydrogen-bond acceptors (Lipinski definition) is 5. The van der Waals surface area contributed by atoms with Crippen LogP contribution in [0.15, 0.2) is 29.2 Å². The second-order valence-corrected chi connectivity index (χ2v) is 9.07. The van der Waals surface area contributed by atoms with E-state index in [1.165, 1.54) is 24.3 Å². The van der Waals surface area contributed by atoms with Crippen molar-refractivity contribution in [2.75, 3.05) is 13.1 Å². The van der Waals surface area contributed by atoms with Crippen molar-refractivity contribution in [3.63, 3.8) is 0 Å². The largest absolute Gasteiger partial charge is 0.294 e. The van der Waals surface area contributed by atoms with Gasteiger partial charge in [0.1, 0.15) is 0 Å². The second-order valence-electron chi connectivity index (χ2n) is 7.13. The minimum atomic E-state index is -3.62. The number of hydrogen-bond donors (Lipinski definition) is 0. The van der Waals surface area contributed by atoms with Gasteiger partial charge in [0.2, 0.25) is 10.0 Å². The quantitative estimate of drug-likeness (QED) is 0.603. The molecule has 0 saturated carbocycles. The van der Waals surface area contributed by atoms with Crippen LogP contribution < -0.4 is 0 Å². The van der Waals surface area contributed by atoms with E-state index in [0.29, 0.717) is 25.2 Å². The van der Waals surface area contributed by atoms with Gasteiger partial charge in [-0.3, -0.25) is 15.0 Å². The van der Waals surface area contributed by atoms with Gasteiger partial charge in [-0.25, -0.2) is 8.42 Å². The molecule has 8 heteroatoms. The number of rotatable bonds is 4. The molecule has 1 aromatic rings. The molecule has 2 aliphatic rings. The number of benzene rings is 1. The van der Waals surface area contributed by atoms with Gasteiger partial charge in [-0.05, 0) is 51.7 Å². The summed E-state index contributed by atoms with van der Waals surface area (Å²) in [6.45, 7) is 5.43. The fraction of sp³-hybridized carbons (Fsp3) is 0.647. The first kappa shape index (κ1) is 18.3. The van der Waals surface area contributed by atoms with E-state index in [1.54, 1.807) is 4.31 Å². The highest BCUT2D eigenvalue weighted by Crippen LogP contribution is 2.31. The Kier molecular flexibility index (Phi) is 5.13. The number of nitro groups is 1. The van der Waals surface area contributed by atoms with Crippen molar-refractivity contribution in [1.82, 2.24) is 9.21 Å². The third-order valence-corrected chi connectivity index (χ3v) is 7.37. The lowest BCUT2D eigenvalue weighted by Gasteiger charge is -2.41. The highest BCUT2D eigenvalue weighted by atomic mass is 32.2. The molecule has 3 unspecified atom stereocenters. The summed E-state index contributed by atoms with van der Waals surface area (Å²) in [5.74, 6) is 0. The number of non-ortho nitro benzene ring substituents is 1. The topological polar surface area (TPSA) is 83.8 Å². The van der Waals surface area contributed by atoms with Gasteiger partial charge < -0.3 is 0 Å². The van der Waals surface area contributed by atoms with Crippen LogP contribution in [0.5, 0.6) is 0 Å². The zero-order chi connectivity index (χ0) is 18.2. The predicted octanol–water partition coefficient (Wildman–Crippen LogP) is 2.62. The Labute approximate surface area is 148 Å². The lowest BCUT2D eigenvalue weighted by atomic mass is 10.0. The van der Waals surface area contributed by atoms with Gasteiger partial charge in [0.15, 0.2) is 0 Å². The van der Waals surface area contributed by atoms with E-state index in [-0.39, 0.29) is 16.6 Å². The van der Waals surface area contributed by atoms with Crippen LogP contribution in [0.3, 0.4) is 0 Å². The van der Waals surface area contributed by atoms with Gasteiger partial charge >= 0.3 is 0 Å². The lowest BCUT2D eigenvalue weighted by Crippen LogP contribution is -2.52. The Morgan fingerprint density at radius 2 is 1.68 bits per heavy atom. The van der Waals surface area contributed by atoms with Gasteiger partial charge in [0.25, 0.3) is 5.69 Å². The van der Waals surface area contributed by atoms with Gasteiger partial charge in [-0.15, -0.1) is 0 Å². The van der Waals surface area contributed by atoms with Crippen molar-refractivity contribution in [2.45, 2.75) is 62.6 Å². The van der Waals surface area contributed by atoms with Crippen LogP contribution in [-0.4, -0.2) is 53.8 Å². The maximum absolute atomic E-state index is 12.9. The van der Waals surface area contributed by atoms with E-state index in [4.69, 9.17) is 0 Å². The zero-order valence-corrected chi connectivity index (χ0v) is 15.5. The number of nitro benzene ring substituents is 1. The van der Waals surface area contributed by atoms with E-state index >= 15 is 0 Å². The van der Waals surface area contributed by atoms with Crippen molar-refractivity contribution in [3.05, 3.63) is 34.4 Å². The predicted molar refractivity (Wildman–Crippen MR) is 94.9 cm³/mol. The summed E-state index contributed by atoms with van der Waals surface area (Å²) in [6.07, 6.45) is 4.17. The fourth-order valence-electron chi connectivity index (χ4n) is 4.21. The molecule has 0 radical (unpaired) electrons. The van der Waals surface area contributed by atoms with Crippen LogP contribution in [0.4, 0.5) is 5.69 Å². The first-order chi connectivity index (χ1) is 11.8. The summed E-state index contributed by atoms with van der Waals surface area (Å²) in [5, 5.41) is 10.8. The number of piperidine rings is 1. The van der Waals surface area contributed by atoms with E-state index in [1.807, 2.05) is 0 Å². The molecule has 138 valence electrons. The number of nitrogens with zero attached hydrogens (tertiary/aromatic N) is 3. The average molecular weight is 367 g/mol. The lowest BCUT2D eigenvalue weighted by molar-refractivity contribution is -0.384. The molecule has 2 fully saturated rings. The van der Waals surface area contributed by atoms with Gasteiger partial charge in [0, 0.05) is 43.3 Å². The summed E-state index contributed by atoms with van der Waals surface area (Å²) in [5.41, 5.74) is -0.102. The van der Waals surface area contributed by atoms with E-state index < -0.39 is 14.9 Å². The molecule has 1 aromatic carbocycles. The molecular weight excluding hydrogens is 342 g/mol. The van der Waals surface area contributed by atoms with E-state index in [0.717, 1.165) is 25.7 Å². The van der Waals surface area contributed by atoms with Gasteiger partial charge in [-0.2, -0.15) is 4.31 Å². The molecule has 7 nitrogen and oxygen atoms in total. The van der Waals surface area contributed by atoms with Crippen LogP contribution >= 0.6 is 0 Å². The average Bonchev–Trinajstić information content (AvgIpc) is 2.93. The normalized spacial score (nSPS) is 29.0. The van der Waals surface area contributed by atoms with Crippen LogP contribution in [0.1, 0.15) is 39.5 Å². The molecule has 2 saturated heterocycles. The molecule has 0 N–H and O–H groups in total. The molecule has 2 aliphatic heterocycles. The van der Waals surface area contributed by atoms with Gasteiger partial charge in [0.05, 0.1) is 9.82 Å². The molecule has 0 aromatic heterocycles. The molecule has 0 spiro atoms. The highest BCUT2D eigenvalue weighted by molar-refractivity contribution is 7.89. The van der Waals surface area contributed by atoms with Crippen LogP contribution in [-0.2, 0) is 10.0 Å². The molecule has 2 heterocycles. The first-order valence-electron chi connectivity index (χ1n) is 8.82. The third kappa shape index (κ3) is 3.56. The standard InChI is InChI=1S/C17H25N3O4S/c1-13-5-6-14(2)19(13)16-4-3-11-18(12-16)25(23,24)17-9-7-15(8-10-17)20(21)22/h7-10,13-14,16H,3-6,11-12H2,1-2H3. The van der Waals surface area contributed by atoms with E-state index in [9.17, 15) is 18.5 Å². The maximum Gasteiger partial charge on any atom is 0.269 e. The Balaban J connectivity index is 1.79. The minimum Gasteiger partial charge on any atom is -0.294 e. The second kappa shape index (κ2) is 7.01. The number of sulfonamides is 1. The smallest absolute Gasteiger partial charge is 0.269 e. The van der Waals surface area contributed by atoms with Crippen LogP contribution in [0.25, 0.3) is 0 Å². The first-order valence-corrected chi connectivity index (χ1v) is 10.3. The molecule has 25 heavy (non-hydrogen) atoms. The minimum absolute atomic E-state index is 0.102. The summed E-state index contributed by atoms with van der Waals surface area (Å²) in [6, 6.07) is 6.38. The maximum atomic E-state index is 12.9. The summed E-state index contributed by atoms with van der Waals surface area (Å²) in [4.78, 5) is 12.8. The molecular formula is C17H25N3O4S. The summed E-state index contributed by atoms with van der Waals surface area (Å²) in [7, 11) is -3.62. The molecule has 0 bridgehead atoms. The van der Waals surface area contributed by atoms with Crippen molar-refractivity contribution in [3.8, 4) is 0 Å². The fourth-order valence-corrected chi connectivity index (χ4v) is 5.72. The van der Waals surface area contributed by atoms with Crippen LogP contribution in [0, 0.1) is 10.1 Å². The van der Waals surface area contributed by atoms with Gasteiger partial charge in [-0.1, -0.05) is 0 Å². The Bertz CT molecular complexity index is 725. The molecule has 0 aliphatic carbocycles. The Morgan fingerprint density at radius 3 is 2.24 bits per heavy atom. The summed E-state index contributed by atoms with van der Waals surface area (Å²) < 4.78 is 27.4. The summed E-state index contributed by atoms with van der Waals surface area (Å²) >= 11 is 0. The Hall–Kier alpha value is -1.51. The monoisotopic (exact) mass is 367 g/mol. The van der Waals surface area contributed by atoms with E-state index in [2.05, 4.69) is 18.7 Å². The van der Waals surface area contributed by atoms with Crippen molar-refractivity contribution in [2.24, 2.45) is 0 Å². The van der Waals surface area contributed by atoms with Crippen molar-refractivity contribution in [1.29, 1.82) is 0 Å². The number of likely N-dealkylation sites (tertiary alicyclic amines) is 1. The van der Waals surface area contributed by atoms with Crippen molar-refractivity contribution < 1.29 is 13.3 Å². The molecule has 0 amide bonds.